The summed E-state index contributed by atoms with van der Waals surface area (Å²) in [7, 11) is 2.13. The number of nitrogens with zero attached hydrogens (tertiary/aromatic N) is 2. The third kappa shape index (κ3) is 2.03. The van der Waals surface area contributed by atoms with Crippen LogP contribution in [0.25, 0.3) is 11.0 Å². The molecule has 2 aromatic rings. The zero-order valence-corrected chi connectivity index (χ0v) is 11.0. The molecule has 0 amide bonds. The third-order valence-corrected chi connectivity index (χ3v) is 4.22. The average Bonchev–Trinajstić information content (AvgIpc) is 2.99. The van der Waals surface area contributed by atoms with E-state index in [1.165, 1.54) is 37.0 Å². The summed E-state index contributed by atoms with van der Waals surface area (Å²) in [6.45, 7) is 0.588. The van der Waals surface area contributed by atoms with E-state index in [0.717, 1.165) is 23.4 Å². The molecule has 1 aromatic heterocycles. The second-order valence-electron chi connectivity index (χ2n) is 5.47. The molecule has 1 saturated carbocycles. The van der Waals surface area contributed by atoms with Crippen LogP contribution in [0.1, 0.15) is 37.1 Å². The predicted octanol–water partition coefficient (Wildman–Crippen LogP) is 2.76. The maximum atomic E-state index is 5.68. The molecular weight excluding hydrogens is 222 g/mol. The summed E-state index contributed by atoms with van der Waals surface area (Å²) in [5.74, 6) is 2.07. The molecule has 18 heavy (non-hydrogen) atoms. The lowest BCUT2D eigenvalue weighted by atomic mass is 10.0. The molecule has 3 rings (SSSR count). The largest absolute Gasteiger partial charge is 0.331 e. The van der Waals surface area contributed by atoms with Gasteiger partial charge in [-0.2, -0.15) is 0 Å². The minimum absolute atomic E-state index is 0.588. The highest BCUT2D eigenvalue weighted by molar-refractivity contribution is 5.76. The molecule has 96 valence electrons. The van der Waals surface area contributed by atoms with Gasteiger partial charge in [0.1, 0.15) is 5.82 Å². The van der Waals surface area contributed by atoms with Crippen molar-refractivity contribution < 1.29 is 0 Å². The maximum Gasteiger partial charge on any atom is 0.109 e. The van der Waals surface area contributed by atoms with Crippen LogP contribution < -0.4 is 5.73 Å². The van der Waals surface area contributed by atoms with Crippen molar-refractivity contribution in [1.82, 2.24) is 9.55 Å². The average molecular weight is 243 g/mol. The van der Waals surface area contributed by atoms with Crippen LogP contribution >= 0.6 is 0 Å². The Morgan fingerprint density at radius 2 is 2.11 bits per heavy atom. The smallest absolute Gasteiger partial charge is 0.109 e. The molecule has 0 unspecified atom stereocenters. The first-order valence-electron chi connectivity index (χ1n) is 6.92. The van der Waals surface area contributed by atoms with Crippen LogP contribution in [-0.4, -0.2) is 9.55 Å². The monoisotopic (exact) mass is 243 g/mol. The van der Waals surface area contributed by atoms with Gasteiger partial charge in [0, 0.05) is 20.0 Å². The van der Waals surface area contributed by atoms with Gasteiger partial charge in [-0.3, -0.25) is 0 Å². The lowest BCUT2D eigenvalue weighted by Gasteiger charge is -2.08. The molecule has 3 nitrogen and oxygen atoms in total. The van der Waals surface area contributed by atoms with Crippen molar-refractivity contribution in [2.75, 3.05) is 0 Å². The molecule has 0 aliphatic heterocycles. The first-order valence-corrected chi connectivity index (χ1v) is 6.92. The highest BCUT2D eigenvalue weighted by Crippen LogP contribution is 2.28. The van der Waals surface area contributed by atoms with Crippen molar-refractivity contribution in [1.29, 1.82) is 0 Å². The number of aryl methyl sites for hydroxylation is 1. The SMILES string of the molecule is Cn1c(CC2CCCC2)nc2cc(CN)ccc21. The quantitative estimate of drug-likeness (QED) is 0.900. The molecule has 0 atom stereocenters. The molecule has 1 fully saturated rings. The first kappa shape index (κ1) is 11.7. The summed E-state index contributed by atoms with van der Waals surface area (Å²) < 4.78 is 2.24. The van der Waals surface area contributed by atoms with Crippen molar-refractivity contribution >= 4 is 11.0 Å². The zero-order valence-electron chi connectivity index (χ0n) is 11.0. The standard InChI is InChI=1S/C15H21N3/c1-18-14-7-6-12(10-16)8-13(14)17-15(18)9-11-4-2-3-5-11/h6-8,11H,2-5,9-10,16H2,1H3. The Labute approximate surface area is 108 Å². The highest BCUT2D eigenvalue weighted by atomic mass is 15.1. The Morgan fingerprint density at radius 3 is 2.83 bits per heavy atom. The van der Waals surface area contributed by atoms with E-state index in [4.69, 9.17) is 10.7 Å². The van der Waals surface area contributed by atoms with E-state index in [0.29, 0.717) is 6.54 Å². The zero-order chi connectivity index (χ0) is 12.5. The number of benzene rings is 1. The molecule has 1 aliphatic rings. The van der Waals surface area contributed by atoms with Gasteiger partial charge < -0.3 is 10.3 Å². The summed E-state index contributed by atoms with van der Waals surface area (Å²) in [6, 6.07) is 6.36. The van der Waals surface area contributed by atoms with Gasteiger partial charge in [0.2, 0.25) is 0 Å². The molecular formula is C15H21N3. The number of fused-ring (bicyclic) bond motifs is 1. The Hall–Kier alpha value is -1.35. The van der Waals surface area contributed by atoms with Crippen molar-refractivity contribution in [3.63, 3.8) is 0 Å². The topological polar surface area (TPSA) is 43.8 Å². The molecule has 1 aromatic carbocycles. The molecule has 2 N–H and O–H groups in total. The Morgan fingerprint density at radius 1 is 1.33 bits per heavy atom. The number of nitrogens with two attached hydrogens (primary N) is 1. The summed E-state index contributed by atoms with van der Waals surface area (Å²) in [4.78, 5) is 4.79. The van der Waals surface area contributed by atoms with Gasteiger partial charge in [0.15, 0.2) is 0 Å². The van der Waals surface area contributed by atoms with E-state index >= 15 is 0 Å². The summed E-state index contributed by atoms with van der Waals surface area (Å²) in [5, 5.41) is 0. The molecule has 0 spiro atoms. The van der Waals surface area contributed by atoms with Gasteiger partial charge >= 0.3 is 0 Å². The summed E-state index contributed by atoms with van der Waals surface area (Å²) in [5.41, 5.74) is 9.16. The molecule has 0 saturated heterocycles. The van der Waals surface area contributed by atoms with E-state index in [1.807, 2.05) is 0 Å². The van der Waals surface area contributed by atoms with Crippen molar-refractivity contribution in [2.24, 2.45) is 18.7 Å². The second kappa shape index (κ2) is 4.73. The van der Waals surface area contributed by atoms with Gasteiger partial charge in [-0.05, 0) is 23.6 Å². The molecule has 1 aliphatic carbocycles. The van der Waals surface area contributed by atoms with Crippen LogP contribution in [0.5, 0.6) is 0 Å². The number of rotatable bonds is 3. The fourth-order valence-corrected chi connectivity index (χ4v) is 3.08. The molecule has 0 radical (unpaired) electrons. The van der Waals surface area contributed by atoms with Crippen LogP contribution in [0, 0.1) is 5.92 Å². The second-order valence-corrected chi connectivity index (χ2v) is 5.47. The van der Waals surface area contributed by atoms with Crippen LogP contribution in [0.15, 0.2) is 18.2 Å². The minimum atomic E-state index is 0.588. The van der Waals surface area contributed by atoms with E-state index in [9.17, 15) is 0 Å². The lowest BCUT2D eigenvalue weighted by molar-refractivity contribution is 0.522. The van der Waals surface area contributed by atoms with Gasteiger partial charge in [-0.1, -0.05) is 31.7 Å². The first-order chi connectivity index (χ1) is 8.78. The fraction of sp³-hybridized carbons (Fsp3) is 0.533. The normalized spacial score (nSPS) is 16.8. The van der Waals surface area contributed by atoms with Crippen LogP contribution in [-0.2, 0) is 20.0 Å². The third-order valence-electron chi connectivity index (χ3n) is 4.22. The Bertz CT molecular complexity index is 550. The predicted molar refractivity (Wildman–Crippen MR) is 74.3 cm³/mol. The van der Waals surface area contributed by atoms with Crippen molar-refractivity contribution in [3.05, 3.63) is 29.6 Å². The van der Waals surface area contributed by atoms with Crippen LogP contribution in [0.2, 0.25) is 0 Å². The fourth-order valence-electron chi connectivity index (χ4n) is 3.08. The minimum Gasteiger partial charge on any atom is -0.331 e. The Kier molecular flexibility index (Phi) is 3.08. The van der Waals surface area contributed by atoms with E-state index in [1.54, 1.807) is 0 Å². The van der Waals surface area contributed by atoms with Gasteiger partial charge in [-0.25, -0.2) is 4.98 Å². The van der Waals surface area contributed by atoms with Gasteiger partial charge in [0.25, 0.3) is 0 Å². The number of hydrogen-bond donors (Lipinski definition) is 1. The van der Waals surface area contributed by atoms with E-state index in [-0.39, 0.29) is 0 Å². The van der Waals surface area contributed by atoms with Gasteiger partial charge in [0.05, 0.1) is 11.0 Å². The van der Waals surface area contributed by atoms with E-state index < -0.39 is 0 Å². The summed E-state index contributed by atoms with van der Waals surface area (Å²) in [6.07, 6.45) is 6.66. The van der Waals surface area contributed by atoms with Crippen molar-refractivity contribution in [2.45, 2.75) is 38.6 Å². The highest BCUT2D eigenvalue weighted by Gasteiger charge is 2.18. The number of aromatic nitrogens is 2. The molecule has 0 bridgehead atoms. The maximum absolute atomic E-state index is 5.68. The van der Waals surface area contributed by atoms with Crippen LogP contribution in [0.4, 0.5) is 0 Å². The Balaban J connectivity index is 1.94. The number of imidazole rings is 1. The van der Waals surface area contributed by atoms with Crippen LogP contribution in [0.3, 0.4) is 0 Å². The van der Waals surface area contributed by atoms with Gasteiger partial charge in [-0.15, -0.1) is 0 Å². The van der Waals surface area contributed by atoms with Crippen molar-refractivity contribution in [3.8, 4) is 0 Å². The molecule has 3 heteroatoms. The molecule has 1 heterocycles. The lowest BCUT2D eigenvalue weighted by Crippen LogP contribution is -2.05. The number of hydrogen-bond acceptors (Lipinski definition) is 2. The van der Waals surface area contributed by atoms with E-state index in [2.05, 4.69) is 29.8 Å². The summed E-state index contributed by atoms with van der Waals surface area (Å²) >= 11 is 0.